The van der Waals surface area contributed by atoms with Gasteiger partial charge in [-0.2, -0.15) is 0 Å². The smallest absolute Gasteiger partial charge is 0.341 e. The van der Waals surface area contributed by atoms with Crippen LogP contribution in [0.5, 0.6) is 5.75 Å². The third-order valence-corrected chi connectivity index (χ3v) is 2.61. The van der Waals surface area contributed by atoms with Crippen molar-refractivity contribution in [3.8, 4) is 5.75 Å². The molecule has 1 rings (SSSR count). The van der Waals surface area contributed by atoms with Crippen LogP contribution in [0.2, 0.25) is 0 Å². The fourth-order valence-electron chi connectivity index (χ4n) is 1.54. The zero-order valence-corrected chi connectivity index (χ0v) is 12.6. The van der Waals surface area contributed by atoms with Gasteiger partial charge >= 0.3 is 12.0 Å². The Bertz CT molecular complexity index is 495. The predicted molar refractivity (Wildman–Crippen MR) is 80.7 cm³/mol. The Morgan fingerprint density at radius 1 is 1.29 bits per heavy atom. The van der Waals surface area contributed by atoms with E-state index in [0.29, 0.717) is 18.0 Å². The van der Waals surface area contributed by atoms with E-state index in [0.717, 1.165) is 6.42 Å². The van der Waals surface area contributed by atoms with E-state index in [1.54, 1.807) is 24.3 Å². The molecular weight excluding hydrogens is 272 g/mol. The number of nitrogens with one attached hydrogen (secondary N) is 2. The van der Waals surface area contributed by atoms with Crippen LogP contribution in [0.25, 0.3) is 0 Å². The molecule has 3 N–H and O–H groups in total. The number of carbonyl (C=O) groups is 2. The van der Waals surface area contributed by atoms with Gasteiger partial charge in [-0.1, -0.05) is 26.8 Å². The van der Waals surface area contributed by atoms with Crippen molar-refractivity contribution >= 4 is 17.7 Å². The highest BCUT2D eigenvalue weighted by Crippen LogP contribution is 2.18. The number of urea groups is 1. The van der Waals surface area contributed by atoms with Crippen LogP contribution in [0.15, 0.2) is 24.3 Å². The van der Waals surface area contributed by atoms with Crippen LogP contribution in [-0.2, 0) is 4.79 Å². The van der Waals surface area contributed by atoms with Gasteiger partial charge in [-0.25, -0.2) is 9.59 Å². The summed E-state index contributed by atoms with van der Waals surface area (Å²) in [6, 6.07) is 6.30. The lowest BCUT2D eigenvalue weighted by atomic mass is 9.92. The Kier molecular flexibility index (Phi) is 6.02. The minimum Gasteiger partial charge on any atom is -0.482 e. The van der Waals surface area contributed by atoms with Crippen LogP contribution in [0.1, 0.15) is 27.2 Å². The van der Waals surface area contributed by atoms with E-state index in [9.17, 15) is 9.59 Å². The highest BCUT2D eigenvalue weighted by atomic mass is 16.5. The number of carbonyl (C=O) groups excluding carboxylic acids is 1. The lowest BCUT2D eigenvalue weighted by Crippen LogP contribution is -2.31. The molecule has 0 aliphatic carbocycles. The molecule has 0 aromatic heterocycles. The highest BCUT2D eigenvalue weighted by molar-refractivity contribution is 5.89. The van der Waals surface area contributed by atoms with Gasteiger partial charge in [0.05, 0.1) is 0 Å². The van der Waals surface area contributed by atoms with Gasteiger partial charge in [-0.05, 0) is 24.0 Å². The minimum atomic E-state index is -1.05. The average Bonchev–Trinajstić information content (AvgIpc) is 2.35. The molecule has 0 fully saturated rings. The van der Waals surface area contributed by atoms with Crippen molar-refractivity contribution in [2.75, 3.05) is 18.5 Å². The molecule has 6 nitrogen and oxygen atoms in total. The molecule has 0 radical (unpaired) electrons. The van der Waals surface area contributed by atoms with Gasteiger partial charge in [0.1, 0.15) is 5.75 Å². The summed E-state index contributed by atoms with van der Waals surface area (Å²) in [5.74, 6) is -0.654. The molecule has 1 aromatic carbocycles. The van der Waals surface area contributed by atoms with Crippen molar-refractivity contribution in [2.45, 2.75) is 27.2 Å². The number of carboxylic acids is 1. The first-order valence-electron chi connectivity index (χ1n) is 6.76. The highest BCUT2D eigenvalue weighted by Gasteiger charge is 2.10. The summed E-state index contributed by atoms with van der Waals surface area (Å²) in [5.41, 5.74) is 0.712. The van der Waals surface area contributed by atoms with Crippen molar-refractivity contribution in [3.63, 3.8) is 0 Å². The Hall–Kier alpha value is -2.24. The number of hydrogen-bond donors (Lipinski definition) is 3. The maximum absolute atomic E-state index is 11.7. The third-order valence-electron chi connectivity index (χ3n) is 2.61. The lowest BCUT2D eigenvalue weighted by Gasteiger charge is -2.18. The summed E-state index contributed by atoms with van der Waals surface area (Å²) in [7, 11) is 0. The maximum atomic E-state index is 11.7. The molecule has 0 bridgehead atoms. The Morgan fingerprint density at radius 2 is 2.00 bits per heavy atom. The van der Waals surface area contributed by atoms with Crippen molar-refractivity contribution in [2.24, 2.45) is 5.41 Å². The monoisotopic (exact) mass is 294 g/mol. The van der Waals surface area contributed by atoms with Crippen molar-refractivity contribution in [1.29, 1.82) is 0 Å². The van der Waals surface area contributed by atoms with E-state index < -0.39 is 12.6 Å². The number of carboxylic acid groups (broad SMARTS) is 1. The second kappa shape index (κ2) is 7.52. The fourth-order valence-corrected chi connectivity index (χ4v) is 1.54. The molecule has 21 heavy (non-hydrogen) atoms. The minimum absolute atomic E-state index is 0.165. The first kappa shape index (κ1) is 16.8. The summed E-state index contributed by atoms with van der Waals surface area (Å²) >= 11 is 0. The molecule has 0 spiro atoms. The largest absolute Gasteiger partial charge is 0.482 e. The number of benzene rings is 1. The van der Waals surface area contributed by atoms with E-state index in [1.165, 1.54) is 0 Å². The van der Waals surface area contributed by atoms with Gasteiger partial charge < -0.3 is 20.5 Å². The second-order valence-corrected chi connectivity index (χ2v) is 5.90. The van der Waals surface area contributed by atoms with Crippen LogP contribution in [0.4, 0.5) is 10.5 Å². The second-order valence-electron chi connectivity index (χ2n) is 5.90. The first-order valence-corrected chi connectivity index (χ1v) is 6.76. The zero-order chi connectivity index (χ0) is 15.9. The van der Waals surface area contributed by atoms with Crippen molar-refractivity contribution < 1.29 is 19.4 Å². The maximum Gasteiger partial charge on any atom is 0.341 e. The quantitative estimate of drug-likeness (QED) is 0.752. The molecule has 0 saturated carbocycles. The molecule has 0 aliphatic rings. The van der Waals surface area contributed by atoms with Crippen LogP contribution in [-0.4, -0.2) is 30.3 Å². The fraction of sp³-hybridized carbons (Fsp3) is 0.467. The molecule has 0 unspecified atom stereocenters. The molecule has 0 heterocycles. The van der Waals surface area contributed by atoms with Gasteiger partial charge in [0, 0.05) is 18.3 Å². The van der Waals surface area contributed by atoms with Crippen LogP contribution in [0, 0.1) is 5.41 Å². The van der Waals surface area contributed by atoms with E-state index in [1.807, 2.05) is 0 Å². The molecule has 0 aliphatic heterocycles. The van der Waals surface area contributed by atoms with E-state index in [2.05, 4.69) is 31.4 Å². The number of ether oxygens (including phenoxy) is 1. The third kappa shape index (κ3) is 7.81. The number of amides is 2. The summed E-state index contributed by atoms with van der Waals surface area (Å²) < 4.78 is 5.04. The van der Waals surface area contributed by atoms with E-state index in [4.69, 9.17) is 9.84 Å². The summed E-state index contributed by atoms with van der Waals surface area (Å²) in [6.45, 7) is 6.49. The predicted octanol–water partition coefficient (Wildman–Crippen LogP) is 2.71. The van der Waals surface area contributed by atoms with Crippen molar-refractivity contribution in [3.05, 3.63) is 24.3 Å². The SMILES string of the molecule is CC(C)(C)CCNC(=O)Nc1cccc(OCC(=O)O)c1. The van der Waals surface area contributed by atoms with Crippen LogP contribution in [0.3, 0.4) is 0 Å². The van der Waals surface area contributed by atoms with Gasteiger partial charge in [-0.3, -0.25) is 0 Å². The van der Waals surface area contributed by atoms with Gasteiger partial charge in [0.25, 0.3) is 0 Å². The number of aliphatic carboxylic acids is 1. The van der Waals surface area contributed by atoms with Gasteiger partial charge in [0.2, 0.25) is 0 Å². The van der Waals surface area contributed by atoms with E-state index >= 15 is 0 Å². The topological polar surface area (TPSA) is 87.7 Å². The molecule has 116 valence electrons. The Morgan fingerprint density at radius 3 is 2.62 bits per heavy atom. The van der Waals surface area contributed by atoms with Crippen LogP contribution >= 0.6 is 0 Å². The van der Waals surface area contributed by atoms with Crippen LogP contribution < -0.4 is 15.4 Å². The molecule has 1 aromatic rings. The first-order chi connectivity index (χ1) is 9.76. The molecule has 2 amide bonds. The number of hydrogen-bond acceptors (Lipinski definition) is 3. The molecule has 0 atom stereocenters. The number of anilines is 1. The lowest BCUT2D eigenvalue weighted by molar-refractivity contribution is -0.139. The summed E-state index contributed by atoms with van der Waals surface area (Å²) in [4.78, 5) is 22.1. The molecule has 0 saturated heterocycles. The molecular formula is C15H22N2O4. The summed E-state index contributed by atoms with van der Waals surface area (Å²) in [5, 5.41) is 14.0. The standard InChI is InChI=1S/C15H22N2O4/c1-15(2,3)7-8-16-14(20)17-11-5-4-6-12(9-11)21-10-13(18)19/h4-6,9H,7-8,10H2,1-3H3,(H,18,19)(H2,16,17,20). The van der Waals surface area contributed by atoms with E-state index in [-0.39, 0.29) is 11.4 Å². The average molecular weight is 294 g/mol. The summed E-state index contributed by atoms with van der Waals surface area (Å²) in [6.07, 6.45) is 0.877. The number of rotatable bonds is 6. The van der Waals surface area contributed by atoms with Crippen molar-refractivity contribution in [1.82, 2.24) is 5.32 Å². The molecule has 6 heteroatoms. The Labute approximate surface area is 124 Å². The van der Waals surface area contributed by atoms with Gasteiger partial charge in [-0.15, -0.1) is 0 Å². The zero-order valence-electron chi connectivity index (χ0n) is 12.6. The Balaban J connectivity index is 2.45. The normalized spacial score (nSPS) is 10.8. The van der Waals surface area contributed by atoms with Gasteiger partial charge in [0.15, 0.2) is 6.61 Å².